The number of hydrogen-bond donors (Lipinski definition) is 2. The zero-order valence-corrected chi connectivity index (χ0v) is 17.6. The molecule has 8 nitrogen and oxygen atoms in total. The Morgan fingerprint density at radius 3 is 2.59 bits per heavy atom. The lowest BCUT2D eigenvalue weighted by Gasteiger charge is -2.12. The third kappa shape index (κ3) is 5.54. The molecule has 1 unspecified atom stereocenters. The summed E-state index contributed by atoms with van der Waals surface area (Å²) < 4.78 is 9.93. The van der Waals surface area contributed by atoms with Crippen LogP contribution in [0.3, 0.4) is 0 Å². The molecule has 0 bridgehead atoms. The van der Waals surface area contributed by atoms with Gasteiger partial charge >= 0.3 is 11.9 Å². The van der Waals surface area contributed by atoms with Gasteiger partial charge in [0.15, 0.2) is 6.10 Å². The largest absolute Gasteiger partial charge is 0.465 e. The second-order valence-corrected chi connectivity index (χ2v) is 7.26. The smallest absolute Gasteiger partial charge is 0.339 e. The standard InChI is InChI=1S/C20H24N2O6S/c1-11-16(20(26)27-4)12(2)22-17(11)18(24)13(3)28-15(23)6-5-8-21-19(25)14-7-9-29-10-14/h7,9-10,13,22H,5-6,8H2,1-4H3,(H,21,25). The minimum Gasteiger partial charge on any atom is -0.465 e. The lowest BCUT2D eigenvalue weighted by Crippen LogP contribution is -2.27. The Morgan fingerprint density at radius 2 is 1.97 bits per heavy atom. The van der Waals surface area contributed by atoms with Gasteiger partial charge in [-0.25, -0.2) is 4.79 Å². The molecule has 2 aromatic rings. The quantitative estimate of drug-likeness (QED) is 0.366. The molecule has 0 saturated heterocycles. The molecule has 1 atom stereocenters. The number of aromatic nitrogens is 1. The summed E-state index contributed by atoms with van der Waals surface area (Å²) in [5, 5.41) is 6.27. The lowest BCUT2D eigenvalue weighted by atomic mass is 10.1. The van der Waals surface area contributed by atoms with E-state index in [1.807, 2.05) is 5.38 Å². The Hall–Kier alpha value is -2.94. The van der Waals surface area contributed by atoms with Crippen molar-refractivity contribution >= 4 is 35.0 Å². The van der Waals surface area contributed by atoms with Gasteiger partial charge in [0, 0.05) is 29.6 Å². The summed E-state index contributed by atoms with van der Waals surface area (Å²) in [5.41, 5.74) is 2.07. The first-order valence-electron chi connectivity index (χ1n) is 9.07. The van der Waals surface area contributed by atoms with Gasteiger partial charge in [-0.05, 0) is 44.2 Å². The highest BCUT2D eigenvalue weighted by molar-refractivity contribution is 7.08. The summed E-state index contributed by atoms with van der Waals surface area (Å²) in [6.45, 7) is 5.10. The van der Waals surface area contributed by atoms with E-state index >= 15 is 0 Å². The van der Waals surface area contributed by atoms with Crippen molar-refractivity contribution in [2.75, 3.05) is 13.7 Å². The molecule has 1 amide bonds. The molecule has 0 radical (unpaired) electrons. The van der Waals surface area contributed by atoms with Crippen molar-refractivity contribution in [1.29, 1.82) is 0 Å². The number of H-pyrrole nitrogens is 1. The minimum atomic E-state index is -1.01. The fourth-order valence-corrected chi connectivity index (χ4v) is 3.48. The van der Waals surface area contributed by atoms with Crippen molar-refractivity contribution in [3.8, 4) is 0 Å². The molecular formula is C20H24N2O6S. The second kappa shape index (κ2) is 10.0. The molecule has 0 spiro atoms. The lowest BCUT2D eigenvalue weighted by molar-refractivity contribution is -0.146. The van der Waals surface area contributed by atoms with Crippen LogP contribution in [0, 0.1) is 13.8 Å². The van der Waals surface area contributed by atoms with E-state index in [4.69, 9.17) is 9.47 Å². The maximum atomic E-state index is 12.6. The molecule has 0 aliphatic rings. The second-order valence-electron chi connectivity index (χ2n) is 6.48. The molecule has 0 fully saturated rings. The number of carbonyl (C=O) groups excluding carboxylic acids is 4. The minimum absolute atomic E-state index is 0.0671. The van der Waals surface area contributed by atoms with Crippen molar-refractivity contribution in [2.45, 2.75) is 39.7 Å². The molecule has 0 aromatic carbocycles. The Bertz CT molecular complexity index is 900. The molecular weight excluding hydrogens is 396 g/mol. The number of ketones is 1. The molecule has 156 valence electrons. The van der Waals surface area contributed by atoms with Gasteiger partial charge in [-0.2, -0.15) is 11.3 Å². The summed E-state index contributed by atoms with van der Waals surface area (Å²) in [7, 11) is 1.27. The van der Waals surface area contributed by atoms with Crippen LogP contribution in [0.4, 0.5) is 0 Å². The number of esters is 2. The van der Waals surface area contributed by atoms with E-state index in [9.17, 15) is 19.2 Å². The topological polar surface area (TPSA) is 115 Å². The number of rotatable bonds is 9. The Labute approximate surface area is 172 Å². The Balaban J connectivity index is 1.84. The molecule has 2 aromatic heterocycles. The summed E-state index contributed by atoms with van der Waals surface area (Å²) in [5.74, 6) is -1.70. The number of amides is 1. The molecule has 29 heavy (non-hydrogen) atoms. The van der Waals surface area contributed by atoms with Crippen molar-refractivity contribution in [3.05, 3.63) is 44.9 Å². The van der Waals surface area contributed by atoms with Gasteiger partial charge < -0.3 is 19.8 Å². The fraction of sp³-hybridized carbons (Fsp3) is 0.400. The van der Waals surface area contributed by atoms with E-state index in [2.05, 4.69) is 10.3 Å². The zero-order chi connectivity index (χ0) is 21.6. The Morgan fingerprint density at radius 1 is 1.24 bits per heavy atom. The summed E-state index contributed by atoms with van der Waals surface area (Å²) in [4.78, 5) is 51.1. The molecule has 0 aliphatic carbocycles. The number of nitrogens with one attached hydrogen (secondary N) is 2. The van der Waals surface area contributed by atoms with E-state index < -0.39 is 23.8 Å². The number of Topliss-reactive ketones (excluding diaryl/α,β-unsaturated/α-hetero) is 1. The number of carbonyl (C=O) groups is 4. The van der Waals surface area contributed by atoms with Crippen LogP contribution in [0.25, 0.3) is 0 Å². The first-order valence-corrected chi connectivity index (χ1v) is 10.0. The predicted octanol–water partition coefficient (Wildman–Crippen LogP) is 2.80. The number of hydrogen-bond acceptors (Lipinski definition) is 7. The van der Waals surface area contributed by atoms with E-state index in [0.717, 1.165) is 0 Å². The normalized spacial score (nSPS) is 11.6. The first kappa shape index (κ1) is 22.4. The fourth-order valence-electron chi connectivity index (χ4n) is 2.85. The number of aromatic amines is 1. The average Bonchev–Trinajstić information content (AvgIpc) is 3.32. The monoisotopic (exact) mass is 420 g/mol. The molecule has 9 heteroatoms. The summed E-state index contributed by atoms with van der Waals surface area (Å²) in [6, 6.07) is 1.72. The van der Waals surface area contributed by atoms with Gasteiger partial charge in [0.1, 0.15) is 0 Å². The van der Waals surface area contributed by atoms with Crippen molar-refractivity contribution in [2.24, 2.45) is 0 Å². The molecule has 0 saturated carbocycles. The Kier molecular flexibility index (Phi) is 7.72. The van der Waals surface area contributed by atoms with Crippen LogP contribution in [0.5, 0.6) is 0 Å². The molecule has 0 aliphatic heterocycles. The van der Waals surface area contributed by atoms with Gasteiger partial charge in [-0.15, -0.1) is 0 Å². The highest BCUT2D eigenvalue weighted by Gasteiger charge is 2.27. The van der Waals surface area contributed by atoms with Crippen LogP contribution in [-0.4, -0.2) is 48.4 Å². The number of methoxy groups -OCH3 is 1. The van der Waals surface area contributed by atoms with Crippen LogP contribution >= 0.6 is 11.3 Å². The van der Waals surface area contributed by atoms with E-state index in [0.29, 0.717) is 35.3 Å². The van der Waals surface area contributed by atoms with Gasteiger partial charge in [-0.3, -0.25) is 14.4 Å². The molecule has 2 rings (SSSR count). The maximum absolute atomic E-state index is 12.6. The third-order valence-corrected chi connectivity index (χ3v) is 5.06. The SMILES string of the molecule is COC(=O)c1c(C)[nH]c(C(=O)C(C)OC(=O)CCCNC(=O)c2ccsc2)c1C. The average molecular weight is 420 g/mol. The van der Waals surface area contributed by atoms with Gasteiger partial charge in [0.05, 0.1) is 18.4 Å². The zero-order valence-electron chi connectivity index (χ0n) is 16.8. The van der Waals surface area contributed by atoms with E-state index in [-0.39, 0.29) is 18.0 Å². The third-order valence-electron chi connectivity index (χ3n) is 4.38. The summed E-state index contributed by atoms with van der Waals surface area (Å²) >= 11 is 1.43. The highest BCUT2D eigenvalue weighted by Crippen LogP contribution is 2.21. The van der Waals surface area contributed by atoms with Crippen LogP contribution in [0.1, 0.15) is 62.2 Å². The van der Waals surface area contributed by atoms with Crippen LogP contribution in [-0.2, 0) is 14.3 Å². The van der Waals surface area contributed by atoms with Gasteiger partial charge in [-0.1, -0.05) is 0 Å². The first-order chi connectivity index (χ1) is 13.8. The van der Waals surface area contributed by atoms with Gasteiger partial charge in [0.25, 0.3) is 5.91 Å². The van der Waals surface area contributed by atoms with E-state index in [1.165, 1.54) is 25.4 Å². The highest BCUT2D eigenvalue weighted by atomic mass is 32.1. The predicted molar refractivity (Wildman–Crippen MR) is 107 cm³/mol. The maximum Gasteiger partial charge on any atom is 0.339 e. The van der Waals surface area contributed by atoms with Gasteiger partial charge in [0.2, 0.25) is 5.78 Å². The van der Waals surface area contributed by atoms with Crippen LogP contribution in [0.15, 0.2) is 16.8 Å². The van der Waals surface area contributed by atoms with Crippen LogP contribution in [0.2, 0.25) is 0 Å². The van der Waals surface area contributed by atoms with Crippen molar-refractivity contribution < 1.29 is 28.7 Å². The molecule has 2 N–H and O–H groups in total. The number of thiophene rings is 1. The number of ether oxygens (including phenoxy) is 2. The van der Waals surface area contributed by atoms with Crippen LogP contribution < -0.4 is 5.32 Å². The van der Waals surface area contributed by atoms with E-state index in [1.54, 1.807) is 25.3 Å². The molecule has 2 heterocycles. The van der Waals surface area contributed by atoms with Crippen molar-refractivity contribution in [3.63, 3.8) is 0 Å². The van der Waals surface area contributed by atoms with Crippen molar-refractivity contribution in [1.82, 2.24) is 10.3 Å². The number of aryl methyl sites for hydroxylation is 1. The summed E-state index contributed by atoms with van der Waals surface area (Å²) in [6.07, 6.45) is -0.550.